The highest BCUT2D eigenvalue weighted by molar-refractivity contribution is 6.28. The highest BCUT2D eigenvalue weighted by atomic mass is 16.3. The summed E-state index contributed by atoms with van der Waals surface area (Å²) in [6.45, 7) is 0. The Morgan fingerprint density at radius 1 is 0.556 bits per heavy atom. The molecule has 0 saturated carbocycles. The van der Waals surface area contributed by atoms with E-state index in [-0.39, 0.29) is 0 Å². The van der Waals surface area contributed by atoms with Gasteiger partial charge in [0, 0.05) is 39.4 Å². The van der Waals surface area contributed by atoms with E-state index in [0.29, 0.717) is 0 Å². The minimum Gasteiger partial charge on any atom is -0.453 e. The van der Waals surface area contributed by atoms with Crippen LogP contribution in [0.25, 0.3) is 82.5 Å². The van der Waals surface area contributed by atoms with Crippen molar-refractivity contribution in [2.45, 2.75) is 0 Å². The lowest BCUT2D eigenvalue weighted by atomic mass is 10.1. The van der Waals surface area contributed by atoms with E-state index in [1.165, 1.54) is 32.6 Å². The minimum atomic E-state index is 0.878. The predicted octanol–water partition coefficient (Wildman–Crippen LogP) is 8.29. The normalized spacial score (nSPS) is 12.6. The Morgan fingerprint density at radius 2 is 1.19 bits per heavy atom. The molecule has 0 unspecified atom stereocenters. The number of aromatic nitrogens is 3. The third-order valence-corrected chi connectivity index (χ3v) is 7.88. The van der Waals surface area contributed by atoms with E-state index < -0.39 is 0 Å². The lowest BCUT2D eigenvalue weighted by Crippen LogP contribution is -1.92. The Kier molecular flexibility index (Phi) is 3.20. The van der Waals surface area contributed by atoms with E-state index in [1.54, 1.807) is 0 Å². The van der Waals surface area contributed by atoms with Crippen LogP contribution in [0.3, 0.4) is 0 Å². The van der Waals surface area contributed by atoms with Gasteiger partial charge in [-0.3, -0.25) is 0 Å². The quantitative estimate of drug-likeness (QED) is 0.246. The molecule has 0 aliphatic rings. The summed E-state index contributed by atoms with van der Waals surface area (Å²) in [5.74, 6) is 0.912. The fraction of sp³-hybridized carbons (Fsp3) is 0.0312. The zero-order valence-corrected chi connectivity index (χ0v) is 19.5. The molecule has 0 atom stereocenters. The Hall–Kier alpha value is -4.83. The number of para-hydroxylation sites is 5. The summed E-state index contributed by atoms with van der Waals surface area (Å²) in [6.07, 6.45) is 0. The van der Waals surface area contributed by atoms with Crippen LogP contribution in [0.15, 0.2) is 101 Å². The van der Waals surface area contributed by atoms with Gasteiger partial charge >= 0.3 is 0 Å². The SMILES string of the molecule is Cn1c(-c2cccc3c2oc2c3ccc3c4cccc5c6ccccc6n(c54)c32)nc2ccccc21. The molecular weight excluding hydrogens is 442 g/mol. The molecule has 0 fully saturated rings. The third-order valence-electron chi connectivity index (χ3n) is 7.88. The maximum absolute atomic E-state index is 6.84. The number of benzene rings is 5. The first kappa shape index (κ1) is 18.5. The van der Waals surface area contributed by atoms with Gasteiger partial charge in [-0.25, -0.2) is 4.98 Å². The van der Waals surface area contributed by atoms with Gasteiger partial charge in [-0.1, -0.05) is 66.7 Å². The summed E-state index contributed by atoms with van der Waals surface area (Å²) in [5.41, 5.74) is 8.51. The van der Waals surface area contributed by atoms with Gasteiger partial charge in [-0.2, -0.15) is 0 Å². The molecule has 0 aliphatic carbocycles. The highest BCUT2D eigenvalue weighted by Crippen LogP contribution is 2.44. The van der Waals surface area contributed by atoms with E-state index in [0.717, 1.165) is 49.9 Å². The molecule has 168 valence electrons. The topological polar surface area (TPSA) is 35.4 Å². The summed E-state index contributed by atoms with van der Waals surface area (Å²) in [4.78, 5) is 4.97. The lowest BCUT2D eigenvalue weighted by molar-refractivity contribution is 0.672. The maximum Gasteiger partial charge on any atom is 0.160 e. The highest BCUT2D eigenvalue weighted by Gasteiger charge is 2.23. The number of hydrogen-bond acceptors (Lipinski definition) is 2. The summed E-state index contributed by atoms with van der Waals surface area (Å²) in [5, 5.41) is 7.27. The Bertz CT molecular complexity index is 2330. The largest absolute Gasteiger partial charge is 0.453 e. The summed E-state index contributed by atoms with van der Waals surface area (Å²) in [7, 11) is 2.07. The van der Waals surface area contributed by atoms with Crippen LogP contribution in [0.5, 0.6) is 0 Å². The number of nitrogens with zero attached hydrogens (tertiary/aromatic N) is 3. The second-order valence-electron chi connectivity index (χ2n) is 9.66. The molecule has 4 nitrogen and oxygen atoms in total. The maximum atomic E-state index is 6.84. The number of rotatable bonds is 1. The molecular formula is C32H19N3O. The van der Waals surface area contributed by atoms with Crippen LogP contribution in [-0.2, 0) is 7.05 Å². The van der Waals surface area contributed by atoms with Crippen molar-refractivity contribution in [3.63, 3.8) is 0 Å². The van der Waals surface area contributed by atoms with Crippen molar-refractivity contribution >= 4 is 71.1 Å². The number of imidazole rings is 1. The Labute approximate surface area is 204 Å². The molecule has 0 spiro atoms. The minimum absolute atomic E-state index is 0.878. The Balaban J connectivity index is 1.48. The van der Waals surface area contributed by atoms with E-state index in [1.807, 2.05) is 6.07 Å². The van der Waals surface area contributed by atoms with Gasteiger partial charge in [-0.15, -0.1) is 0 Å². The van der Waals surface area contributed by atoms with Gasteiger partial charge in [-0.05, 0) is 30.3 Å². The molecule has 0 aliphatic heterocycles. The van der Waals surface area contributed by atoms with Crippen molar-refractivity contribution in [2.75, 3.05) is 0 Å². The molecule has 0 saturated heterocycles. The van der Waals surface area contributed by atoms with E-state index >= 15 is 0 Å². The van der Waals surface area contributed by atoms with Gasteiger partial charge < -0.3 is 13.4 Å². The molecule has 5 aromatic carbocycles. The second-order valence-corrected chi connectivity index (χ2v) is 9.66. The molecule has 0 N–H and O–H groups in total. The van der Waals surface area contributed by atoms with Gasteiger partial charge in [0.1, 0.15) is 11.4 Å². The van der Waals surface area contributed by atoms with Gasteiger partial charge in [0.25, 0.3) is 0 Å². The fourth-order valence-corrected chi connectivity index (χ4v) is 6.32. The number of aryl methyl sites for hydroxylation is 1. The van der Waals surface area contributed by atoms with Crippen molar-refractivity contribution in [3.8, 4) is 11.4 Å². The lowest BCUT2D eigenvalue weighted by Gasteiger charge is -2.03. The van der Waals surface area contributed by atoms with Crippen molar-refractivity contribution in [3.05, 3.63) is 97.1 Å². The van der Waals surface area contributed by atoms with E-state index in [2.05, 4.69) is 107 Å². The standard InChI is InChI=1S/C32H19N3O/c1-34-27-15-5-3-13-25(27)33-32(34)24-12-7-11-22-23-17-16-21-20-10-6-9-19-18-8-2-4-14-26(18)35(28(19)20)29(21)31(23)36-30(22)24/h2-17H,1H3. The van der Waals surface area contributed by atoms with Crippen LogP contribution in [0.2, 0.25) is 0 Å². The number of furan rings is 1. The fourth-order valence-electron chi connectivity index (χ4n) is 6.32. The smallest absolute Gasteiger partial charge is 0.160 e. The third kappa shape index (κ3) is 2.05. The molecule has 4 heterocycles. The number of fused-ring (bicyclic) bond motifs is 11. The molecule has 36 heavy (non-hydrogen) atoms. The first-order chi connectivity index (χ1) is 17.8. The molecule has 0 bridgehead atoms. The van der Waals surface area contributed by atoms with E-state index in [9.17, 15) is 0 Å². The monoisotopic (exact) mass is 461 g/mol. The average Bonchev–Trinajstić information content (AvgIpc) is 3.65. The van der Waals surface area contributed by atoms with E-state index in [4.69, 9.17) is 9.40 Å². The summed E-state index contributed by atoms with van der Waals surface area (Å²) < 4.78 is 11.4. The van der Waals surface area contributed by atoms with Crippen molar-refractivity contribution in [1.29, 1.82) is 0 Å². The number of hydrogen-bond donors (Lipinski definition) is 0. The van der Waals surface area contributed by atoms with Crippen molar-refractivity contribution < 1.29 is 4.42 Å². The average molecular weight is 462 g/mol. The Morgan fingerprint density at radius 3 is 2.08 bits per heavy atom. The van der Waals surface area contributed by atoms with Crippen LogP contribution in [0.1, 0.15) is 0 Å². The van der Waals surface area contributed by atoms with Crippen LogP contribution >= 0.6 is 0 Å². The predicted molar refractivity (Wildman–Crippen MR) is 148 cm³/mol. The van der Waals surface area contributed by atoms with Gasteiger partial charge in [0.2, 0.25) is 0 Å². The van der Waals surface area contributed by atoms with Crippen LogP contribution in [-0.4, -0.2) is 14.0 Å². The zero-order valence-electron chi connectivity index (χ0n) is 19.5. The molecule has 0 radical (unpaired) electrons. The van der Waals surface area contributed by atoms with Crippen molar-refractivity contribution in [2.24, 2.45) is 7.05 Å². The first-order valence-electron chi connectivity index (χ1n) is 12.2. The first-order valence-corrected chi connectivity index (χ1v) is 12.2. The van der Waals surface area contributed by atoms with Crippen LogP contribution in [0.4, 0.5) is 0 Å². The molecule has 4 aromatic heterocycles. The summed E-state index contributed by atoms with van der Waals surface area (Å²) in [6, 6.07) is 34.4. The molecule has 0 amide bonds. The molecule has 4 heteroatoms. The summed E-state index contributed by atoms with van der Waals surface area (Å²) >= 11 is 0. The molecule has 9 aromatic rings. The second kappa shape index (κ2) is 6.23. The van der Waals surface area contributed by atoms with Crippen LogP contribution in [0, 0.1) is 0 Å². The van der Waals surface area contributed by atoms with Gasteiger partial charge in [0.05, 0.1) is 33.1 Å². The van der Waals surface area contributed by atoms with Crippen LogP contribution < -0.4 is 0 Å². The zero-order chi connectivity index (χ0) is 23.5. The molecule has 9 rings (SSSR count). The van der Waals surface area contributed by atoms with Crippen molar-refractivity contribution in [1.82, 2.24) is 14.0 Å². The van der Waals surface area contributed by atoms with Gasteiger partial charge in [0.15, 0.2) is 5.58 Å².